The van der Waals surface area contributed by atoms with Crippen LogP contribution < -0.4 is 0 Å². The Bertz CT molecular complexity index is 388. The predicted octanol–water partition coefficient (Wildman–Crippen LogP) is 4.00. The molecule has 2 aliphatic rings. The van der Waals surface area contributed by atoms with Crippen molar-refractivity contribution in [3.05, 3.63) is 12.7 Å². The largest absolute Gasteiger partial charge is 0.414 e. The van der Waals surface area contributed by atoms with Crippen molar-refractivity contribution in [1.82, 2.24) is 0 Å². The van der Waals surface area contributed by atoms with Crippen molar-refractivity contribution in [3.63, 3.8) is 0 Å². The molecule has 0 radical (unpaired) electrons. The standard InChI is InChI=1S/C17H32O3Si/c1-8-14-13(11-18-5)15-9-10-17(14,20-15)12-19-21(6,7)16(2,3)4/h8,13-15H,1,9-12H2,2-7H3/t13-,14+,15+,17+/m1/s1. The van der Waals surface area contributed by atoms with Gasteiger partial charge in [-0.2, -0.15) is 0 Å². The number of hydrogen-bond donors (Lipinski definition) is 0. The molecule has 0 N–H and O–H groups in total. The lowest BCUT2D eigenvalue weighted by Gasteiger charge is -2.41. The van der Waals surface area contributed by atoms with Gasteiger partial charge in [0.05, 0.1) is 24.9 Å². The molecule has 2 heterocycles. The first-order chi connectivity index (χ1) is 9.67. The van der Waals surface area contributed by atoms with Crippen LogP contribution in [0.4, 0.5) is 0 Å². The number of fused-ring (bicyclic) bond motifs is 2. The molecule has 0 aromatic heterocycles. The first-order valence-corrected chi connectivity index (χ1v) is 11.0. The highest BCUT2D eigenvalue weighted by molar-refractivity contribution is 6.74. The Hall–Kier alpha value is -0.163. The van der Waals surface area contributed by atoms with Gasteiger partial charge in [-0.15, -0.1) is 6.58 Å². The number of methoxy groups -OCH3 is 1. The van der Waals surface area contributed by atoms with E-state index in [-0.39, 0.29) is 10.6 Å². The molecule has 0 saturated carbocycles. The number of rotatable bonds is 6. The van der Waals surface area contributed by atoms with E-state index in [0.29, 0.717) is 24.5 Å². The quantitative estimate of drug-likeness (QED) is 0.548. The van der Waals surface area contributed by atoms with Crippen molar-refractivity contribution < 1.29 is 13.9 Å². The van der Waals surface area contributed by atoms with E-state index in [2.05, 4.69) is 46.5 Å². The van der Waals surface area contributed by atoms with Gasteiger partial charge in [0.25, 0.3) is 0 Å². The summed E-state index contributed by atoms with van der Waals surface area (Å²) in [7, 11) is 0.0232. The summed E-state index contributed by atoms with van der Waals surface area (Å²) in [6.07, 6.45) is 4.59. The van der Waals surface area contributed by atoms with Crippen LogP contribution in [0, 0.1) is 11.8 Å². The Kier molecular flexibility index (Phi) is 4.75. The van der Waals surface area contributed by atoms with E-state index in [1.54, 1.807) is 7.11 Å². The summed E-state index contributed by atoms with van der Waals surface area (Å²) >= 11 is 0. The molecule has 4 atom stereocenters. The average Bonchev–Trinajstić information content (AvgIpc) is 2.92. The third-order valence-electron chi connectivity index (χ3n) is 5.88. The third-order valence-corrected chi connectivity index (χ3v) is 10.4. The van der Waals surface area contributed by atoms with Crippen LogP contribution in [0.2, 0.25) is 18.1 Å². The Balaban J connectivity index is 2.10. The molecular weight excluding hydrogens is 280 g/mol. The lowest BCUT2D eigenvalue weighted by Crippen LogP contribution is -2.48. The molecule has 0 aromatic rings. The van der Waals surface area contributed by atoms with Crippen LogP contribution in [-0.4, -0.2) is 40.3 Å². The topological polar surface area (TPSA) is 27.7 Å². The minimum atomic E-state index is -1.75. The molecule has 122 valence electrons. The molecular formula is C17H32O3Si. The highest BCUT2D eigenvalue weighted by Gasteiger charge is 2.58. The van der Waals surface area contributed by atoms with E-state index in [1.165, 1.54) is 0 Å². The smallest absolute Gasteiger partial charge is 0.192 e. The summed E-state index contributed by atoms with van der Waals surface area (Å²) in [4.78, 5) is 0. The first kappa shape index (κ1) is 17.2. The SMILES string of the molecule is C=C[C@H]1[C@@H](COC)[C@@H]2CC[C@@]1(CO[Si](C)(C)C(C)(C)C)O2. The van der Waals surface area contributed by atoms with Gasteiger partial charge in [-0.1, -0.05) is 26.8 Å². The Morgan fingerprint density at radius 1 is 1.38 bits per heavy atom. The molecule has 2 aliphatic heterocycles. The summed E-state index contributed by atoms with van der Waals surface area (Å²) in [5.74, 6) is 0.783. The van der Waals surface area contributed by atoms with Gasteiger partial charge in [0.2, 0.25) is 0 Å². The second kappa shape index (κ2) is 5.80. The minimum absolute atomic E-state index is 0.162. The van der Waals surface area contributed by atoms with Crippen molar-refractivity contribution in [1.29, 1.82) is 0 Å². The van der Waals surface area contributed by atoms with Crippen LogP contribution in [0.25, 0.3) is 0 Å². The zero-order valence-electron chi connectivity index (χ0n) is 14.6. The second-order valence-electron chi connectivity index (χ2n) is 8.19. The molecule has 4 heteroatoms. The third kappa shape index (κ3) is 3.00. The average molecular weight is 313 g/mol. The van der Waals surface area contributed by atoms with Crippen LogP contribution in [0.15, 0.2) is 12.7 Å². The van der Waals surface area contributed by atoms with E-state index >= 15 is 0 Å². The molecule has 2 fully saturated rings. The van der Waals surface area contributed by atoms with Gasteiger partial charge in [-0.25, -0.2) is 0 Å². The molecule has 3 nitrogen and oxygen atoms in total. The molecule has 21 heavy (non-hydrogen) atoms. The first-order valence-electron chi connectivity index (χ1n) is 8.10. The van der Waals surface area contributed by atoms with Gasteiger partial charge in [0.1, 0.15) is 0 Å². The Morgan fingerprint density at radius 3 is 2.57 bits per heavy atom. The molecule has 0 amide bonds. The monoisotopic (exact) mass is 312 g/mol. The van der Waals surface area contributed by atoms with Crippen molar-refractivity contribution in [3.8, 4) is 0 Å². The summed E-state index contributed by atoms with van der Waals surface area (Å²) in [6.45, 7) is 17.0. The molecule has 2 saturated heterocycles. The van der Waals surface area contributed by atoms with Gasteiger partial charge in [-0.3, -0.25) is 0 Å². The summed E-state index contributed by atoms with van der Waals surface area (Å²) in [5.41, 5.74) is -0.162. The van der Waals surface area contributed by atoms with Gasteiger partial charge in [0, 0.05) is 18.9 Å². The molecule has 0 unspecified atom stereocenters. The normalized spacial score (nSPS) is 36.2. The lowest BCUT2D eigenvalue weighted by molar-refractivity contribution is -0.0370. The van der Waals surface area contributed by atoms with E-state index in [0.717, 1.165) is 19.4 Å². The number of ether oxygens (including phenoxy) is 2. The highest BCUT2D eigenvalue weighted by Crippen LogP contribution is 2.52. The van der Waals surface area contributed by atoms with Crippen molar-refractivity contribution in [2.45, 2.75) is 63.5 Å². The highest BCUT2D eigenvalue weighted by atomic mass is 28.4. The van der Waals surface area contributed by atoms with E-state index < -0.39 is 8.32 Å². The van der Waals surface area contributed by atoms with Crippen LogP contribution in [0.5, 0.6) is 0 Å². The van der Waals surface area contributed by atoms with Crippen molar-refractivity contribution in [2.75, 3.05) is 20.3 Å². The van der Waals surface area contributed by atoms with Crippen molar-refractivity contribution >= 4 is 8.32 Å². The zero-order chi connectivity index (χ0) is 15.9. The van der Waals surface area contributed by atoms with E-state index in [4.69, 9.17) is 13.9 Å². The maximum Gasteiger partial charge on any atom is 0.192 e. The van der Waals surface area contributed by atoms with Gasteiger partial charge in [0.15, 0.2) is 8.32 Å². The maximum atomic E-state index is 6.48. The van der Waals surface area contributed by atoms with Crippen LogP contribution in [0.1, 0.15) is 33.6 Å². The minimum Gasteiger partial charge on any atom is -0.414 e. The second-order valence-corrected chi connectivity index (χ2v) is 13.0. The van der Waals surface area contributed by atoms with Crippen molar-refractivity contribution in [2.24, 2.45) is 11.8 Å². The fourth-order valence-corrected chi connectivity index (χ4v) is 4.53. The van der Waals surface area contributed by atoms with Gasteiger partial charge < -0.3 is 13.9 Å². The summed E-state index contributed by atoms with van der Waals surface area (Å²) in [5, 5.41) is 0.232. The Labute approximate surface area is 131 Å². The van der Waals surface area contributed by atoms with E-state index in [1.807, 2.05) is 0 Å². The summed E-state index contributed by atoms with van der Waals surface area (Å²) < 4.78 is 18.3. The fraction of sp³-hybridized carbons (Fsp3) is 0.882. The van der Waals surface area contributed by atoms with Gasteiger partial charge in [-0.05, 0) is 31.0 Å². The zero-order valence-corrected chi connectivity index (χ0v) is 15.6. The Morgan fingerprint density at radius 2 is 2.05 bits per heavy atom. The molecule has 2 bridgehead atoms. The van der Waals surface area contributed by atoms with Gasteiger partial charge >= 0.3 is 0 Å². The lowest BCUT2D eigenvalue weighted by atomic mass is 9.72. The molecule has 0 aliphatic carbocycles. The number of hydrogen-bond acceptors (Lipinski definition) is 3. The predicted molar refractivity (Wildman–Crippen MR) is 89.0 cm³/mol. The molecule has 2 rings (SSSR count). The van der Waals surface area contributed by atoms with Crippen LogP contribution in [0.3, 0.4) is 0 Å². The maximum absolute atomic E-state index is 6.48. The molecule has 0 aromatic carbocycles. The summed E-state index contributed by atoms with van der Waals surface area (Å²) in [6, 6.07) is 0. The fourth-order valence-electron chi connectivity index (χ4n) is 3.49. The van der Waals surface area contributed by atoms with Crippen LogP contribution in [-0.2, 0) is 13.9 Å². The molecule has 0 spiro atoms. The van der Waals surface area contributed by atoms with E-state index in [9.17, 15) is 0 Å². The van der Waals surface area contributed by atoms with Crippen LogP contribution >= 0.6 is 0 Å².